The van der Waals surface area contributed by atoms with Crippen LogP contribution in [0.2, 0.25) is 5.02 Å². The lowest BCUT2D eigenvalue weighted by Gasteiger charge is -2.32. The van der Waals surface area contributed by atoms with E-state index in [1.54, 1.807) is 14.2 Å². The normalized spacial score (nSPS) is 14.6. The maximum Gasteiger partial charge on any atom is 0.237 e. The quantitative estimate of drug-likeness (QED) is 0.734. The number of carbonyl (C=O) groups is 1. The summed E-state index contributed by atoms with van der Waals surface area (Å²) in [6.45, 7) is 3.70. The van der Waals surface area contributed by atoms with E-state index in [1.165, 1.54) is 5.56 Å². The van der Waals surface area contributed by atoms with Crippen molar-refractivity contribution in [1.82, 2.24) is 9.80 Å². The van der Waals surface area contributed by atoms with Crippen molar-refractivity contribution >= 4 is 17.5 Å². The highest BCUT2D eigenvalue weighted by Crippen LogP contribution is 2.33. The number of hydrogen-bond donors (Lipinski definition) is 0. The molecule has 3 rings (SSSR count). The zero-order valence-electron chi connectivity index (χ0n) is 16.9. The lowest BCUT2D eigenvalue weighted by Crippen LogP contribution is -2.42. The number of amides is 1. The van der Waals surface area contributed by atoms with Gasteiger partial charge < -0.3 is 14.4 Å². The second-order valence-electron chi connectivity index (χ2n) is 7.15. The van der Waals surface area contributed by atoms with Crippen LogP contribution in [0.4, 0.5) is 0 Å². The summed E-state index contributed by atoms with van der Waals surface area (Å²) in [7, 11) is 5.22. The molecular formula is C22H27ClN2O3. The fourth-order valence-electron chi connectivity index (χ4n) is 3.60. The number of ether oxygens (including phenoxy) is 2. The fourth-order valence-corrected chi connectivity index (χ4v) is 3.89. The van der Waals surface area contributed by atoms with Gasteiger partial charge in [-0.15, -0.1) is 0 Å². The van der Waals surface area contributed by atoms with Crippen molar-refractivity contribution in [1.29, 1.82) is 0 Å². The largest absolute Gasteiger partial charge is 0.493 e. The van der Waals surface area contributed by atoms with E-state index in [1.807, 2.05) is 53.2 Å². The molecule has 1 aliphatic heterocycles. The average molecular weight is 403 g/mol. The lowest BCUT2D eigenvalue weighted by atomic mass is 9.98. The summed E-state index contributed by atoms with van der Waals surface area (Å²) in [4.78, 5) is 16.9. The van der Waals surface area contributed by atoms with Gasteiger partial charge in [0, 0.05) is 24.2 Å². The molecule has 150 valence electrons. The summed E-state index contributed by atoms with van der Waals surface area (Å²) >= 11 is 6.31. The monoisotopic (exact) mass is 402 g/mol. The third-order valence-corrected chi connectivity index (χ3v) is 5.82. The molecule has 0 aliphatic carbocycles. The van der Waals surface area contributed by atoms with Crippen LogP contribution in [-0.4, -0.2) is 50.1 Å². The highest BCUT2D eigenvalue weighted by atomic mass is 35.5. The summed E-state index contributed by atoms with van der Waals surface area (Å²) in [6.07, 6.45) is 0.811. The number of hydrogen-bond acceptors (Lipinski definition) is 4. The standard InChI is InChI=1S/C22H27ClN2O3/c1-15(18-7-5-6-8-19(18)23)24(2)14-22(26)25-10-9-16-11-20(27-3)21(28-4)12-17(16)13-25/h5-8,11-12,15H,9-10,13-14H2,1-4H3. The van der Waals surface area contributed by atoms with Crippen LogP contribution in [0, 0.1) is 0 Å². The van der Waals surface area contributed by atoms with Gasteiger partial charge in [0.15, 0.2) is 11.5 Å². The molecular weight excluding hydrogens is 376 g/mol. The smallest absolute Gasteiger partial charge is 0.237 e. The molecule has 1 unspecified atom stereocenters. The van der Waals surface area contributed by atoms with Crippen molar-refractivity contribution in [2.24, 2.45) is 0 Å². The number of methoxy groups -OCH3 is 2. The van der Waals surface area contributed by atoms with Crippen LogP contribution in [0.3, 0.4) is 0 Å². The molecule has 5 nitrogen and oxygen atoms in total. The minimum Gasteiger partial charge on any atom is -0.493 e. The van der Waals surface area contributed by atoms with Crippen molar-refractivity contribution in [3.8, 4) is 11.5 Å². The molecule has 28 heavy (non-hydrogen) atoms. The summed E-state index contributed by atoms with van der Waals surface area (Å²) in [5.41, 5.74) is 3.35. The average Bonchev–Trinajstić information content (AvgIpc) is 2.71. The Morgan fingerprint density at radius 1 is 1.18 bits per heavy atom. The first-order chi connectivity index (χ1) is 13.4. The summed E-state index contributed by atoms with van der Waals surface area (Å²) in [6, 6.07) is 11.8. The van der Waals surface area contributed by atoms with Gasteiger partial charge in [0.05, 0.1) is 20.8 Å². The number of rotatable bonds is 6. The Hall–Kier alpha value is -2.24. The molecule has 0 bridgehead atoms. The van der Waals surface area contributed by atoms with E-state index < -0.39 is 0 Å². The lowest BCUT2D eigenvalue weighted by molar-refractivity contribution is -0.133. The number of halogens is 1. The Morgan fingerprint density at radius 3 is 2.46 bits per heavy atom. The van der Waals surface area contributed by atoms with Crippen LogP contribution < -0.4 is 9.47 Å². The second kappa shape index (κ2) is 8.84. The molecule has 1 heterocycles. The van der Waals surface area contributed by atoms with Gasteiger partial charge in [0.1, 0.15) is 0 Å². The molecule has 1 atom stereocenters. The Labute approximate surface area is 171 Å². The van der Waals surface area contributed by atoms with Crippen LogP contribution in [0.25, 0.3) is 0 Å². The number of benzene rings is 2. The fraction of sp³-hybridized carbons (Fsp3) is 0.409. The zero-order chi connectivity index (χ0) is 20.3. The minimum absolute atomic E-state index is 0.0547. The first kappa shape index (κ1) is 20.5. The first-order valence-corrected chi connectivity index (χ1v) is 9.78. The van der Waals surface area contributed by atoms with E-state index in [0.29, 0.717) is 25.4 Å². The zero-order valence-corrected chi connectivity index (χ0v) is 17.6. The van der Waals surface area contributed by atoms with Gasteiger partial charge >= 0.3 is 0 Å². The number of likely N-dealkylation sites (N-methyl/N-ethyl adjacent to an activating group) is 1. The van der Waals surface area contributed by atoms with Crippen LogP contribution >= 0.6 is 11.6 Å². The van der Waals surface area contributed by atoms with Crippen LogP contribution in [0.5, 0.6) is 11.5 Å². The van der Waals surface area contributed by atoms with E-state index in [9.17, 15) is 4.79 Å². The molecule has 0 radical (unpaired) electrons. The Balaban J connectivity index is 1.68. The summed E-state index contributed by atoms with van der Waals surface area (Å²) in [5, 5.41) is 0.724. The molecule has 0 spiro atoms. The molecule has 0 saturated heterocycles. The molecule has 1 aliphatic rings. The highest BCUT2D eigenvalue weighted by molar-refractivity contribution is 6.31. The maximum absolute atomic E-state index is 12.9. The van der Waals surface area contributed by atoms with Gasteiger partial charge in [-0.05, 0) is 55.3 Å². The molecule has 1 amide bonds. The van der Waals surface area contributed by atoms with Crippen molar-refractivity contribution in [2.45, 2.75) is 25.9 Å². The molecule has 0 saturated carbocycles. The van der Waals surface area contributed by atoms with Crippen LogP contribution in [0.15, 0.2) is 36.4 Å². The van der Waals surface area contributed by atoms with E-state index >= 15 is 0 Å². The number of nitrogens with zero attached hydrogens (tertiary/aromatic N) is 2. The Kier molecular flexibility index (Phi) is 6.47. The number of fused-ring (bicyclic) bond motifs is 1. The van der Waals surface area contributed by atoms with E-state index in [2.05, 4.69) is 6.92 Å². The van der Waals surface area contributed by atoms with Crippen molar-refractivity contribution in [3.05, 3.63) is 58.1 Å². The molecule has 6 heteroatoms. The van der Waals surface area contributed by atoms with Gasteiger partial charge in [-0.2, -0.15) is 0 Å². The van der Waals surface area contributed by atoms with Gasteiger partial charge in [0.2, 0.25) is 5.91 Å². The van der Waals surface area contributed by atoms with E-state index in [4.69, 9.17) is 21.1 Å². The van der Waals surface area contributed by atoms with Crippen LogP contribution in [0.1, 0.15) is 29.7 Å². The predicted molar refractivity (Wildman–Crippen MR) is 111 cm³/mol. The third-order valence-electron chi connectivity index (χ3n) is 5.47. The van der Waals surface area contributed by atoms with E-state index in [-0.39, 0.29) is 11.9 Å². The molecule has 2 aromatic rings. The molecule has 0 fully saturated rings. The molecule has 0 aromatic heterocycles. The van der Waals surface area contributed by atoms with Gasteiger partial charge in [-0.1, -0.05) is 29.8 Å². The van der Waals surface area contributed by atoms with E-state index in [0.717, 1.165) is 28.3 Å². The highest BCUT2D eigenvalue weighted by Gasteiger charge is 2.25. The van der Waals surface area contributed by atoms with Gasteiger partial charge in [0.25, 0.3) is 0 Å². The first-order valence-electron chi connectivity index (χ1n) is 9.40. The third kappa shape index (κ3) is 4.26. The van der Waals surface area contributed by atoms with Crippen molar-refractivity contribution in [3.63, 3.8) is 0 Å². The topological polar surface area (TPSA) is 42.0 Å². The van der Waals surface area contributed by atoms with Crippen LogP contribution in [-0.2, 0) is 17.8 Å². The summed E-state index contributed by atoms with van der Waals surface area (Å²) in [5.74, 6) is 1.54. The van der Waals surface area contributed by atoms with Crippen molar-refractivity contribution in [2.75, 3.05) is 34.4 Å². The van der Waals surface area contributed by atoms with Crippen molar-refractivity contribution < 1.29 is 14.3 Å². The molecule has 2 aromatic carbocycles. The SMILES string of the molecule is COc1cc2c(cc1OC)CN(C(=O)CN(C)C(C)c1ccccc1Cl)CC2. The predicted octanol–water partition coefficient (Wildman–Crippen LogP) is 3.93. The molecule has 0 N–H and O–H groups in total. The van der Waals surface area contributed by atoms with Gasteiger partial charge in [-0.25, -0.2) is 0 Å². The summed E-state index contributed by atoms with van der Waals surface area (Å²) < 4.78 is 10.8. The Morgan fingerprint density at radius 2 is 1.82 bits per heavy atom. The maximum atomic E-state index is 12.9. The number of carbonyl (C=O) groups excluding carboxylic acids is 1. The minimum atomic E-state index is 0.0547. The Bertz CT molecular complexity index is 856. The second-order valence-corrected chi connectivity index (χ2v) is 7.56. The van der Waals surface area contributed by atoms with Gasteiger partial charge in [-0.3, -0.25) is 9.69 Å².